The number of halogens is 3. The van der Waals surface area contributed by atoms with Gasteiger partial charge in [0.15, 0.2) is 5.78 Å². The van der Waals surface area contributed by atoms with E-state index < -0.39 is 13.0 Å². The lowest BCUT2D eigenvalue weighted by Gasteiger charge is -2.02. The molecule has 0 saturated carbocycles. The number of Topliss-reactive ketones (excluding diaryl/α,β-unsaturated/α-hetero) is 1. The number of ether oxygens (including phenoxy) is 1. The molecule has 0 fully saturated rings. The molecule has 4 nitrogen and oxygen atoms in total. The molecule has 0 bridgehead atoms. The predicted molar refractivity (Wildman–Crippen MR) is 52.1 cm³/mol. The third-order valence-corrected chi connectivity index (χ3v) is 2.50. The van der Waals surface area contributed by atoms with Crippen LogP contribution in [0.25, 0.3) is 0 Å². The van der Waals surface area contributed by atoms with E-state index in [1.807, 2.05) is 0 Å². The zero-order valence-electron chi connectivity index (χ0n) is 7.91. The van der Waals surface area contributed by atoms with Crippen LogP contribution < -0.4 is 0 Å². The van der Waals surface area contributed by atoms with E-state index in [9.17, 15) is 13.6 Å². The van der Waals surface area contributed by atoms with E-state index in [2.05, 4.69) is 25.8 Å². The Morgan fingerprint density at radius 1 is 1.73 bits per heavy atom. The van der Waals surface area contributed by atoms with Gasteiger partial charge in [0.2, 0.25) is 0 Å². The topological polar surface area (TPSA) is 44.1 Å². The summed E-state index contributed by atoms with van der Waals surface area (Å²) in [5, 5.41) is 3.67. The molecule has 1 aromatic rings. The fourth-order valence-electron chi connectivity index (χ4n) is 1.02. The molecule has 0 aromatic carbocycles. The number of aromatic nitrogens is 2. The van der Waals surface area contributed by atoms with Gasteiger partial charge < -0.3 is 4.74 Å². The molecule has 1 rings (SSSR count). The first-order valence-corrected chi connectivity index (χ1v) is 4.87. The summed E-state index contributed by atoms with van der Waals surface area (Å²) in [6.07, 6.45) is -1.26. The predicted octanol–water partition coefficient (Wildman–Crippen LogP) is 1.74. The molecule has 0 atom stereocenters. The van der Waals surface area contributed by atoms with Crippen molar-refractivity contribution >= 4 is 21.7 Å². The number of methoxy groups -OCH3 is 1. The SMILES string of the molecule is COCC(=O)c1cnn(CC(F)F)c1Br. The summed E-state index contributed by atoms with van der Waals surface area (Å²) < 4.78 is 30.1. The number of carbonyl (C=O) groups excluding carboxylic acids is 1. The first-order chi connectivity index (χ1) is 7.06. The quantitative estimate of drug-likeness (QED) is 0.773. The van der Waals surface area contributed by atoms with Gasteiger partial charge in [-0.25, -0.2) is 8.78 Å². The molecule has 1 heterocycles. The van der Waals surface area contributed by atoms with Crippen LogP contribution in [0.4, 0.5) is 8.78 Å². The Bertz CT molecular complexity index is 354. The highest BCUT2D eigenvalue weighted by Gasteiger charge is 2.17. The highest BCUT2D eigenvalue weighted by Crippen LogP contribution is 2.18. The van der Waals surface area contributed by atoms with Crippen molar-refractivity contribution in [2.45, 2.75) is 13.0 Å². The van der Waals surface area contributed by atoms with Gasteiger partial charge in [-0.15, -0.1) is 0 Å². The average Bonchev–Trinajstić information content (AvgIpc) is 2.48. The maximum Gasteiger partial charge on any atom is 0.257 e. The van der Waals surface area contributed by atoms with Gasteiger partial charge in [0.1, 0.15) is 17.8 Å². The van der Waals surface area contributed by atoms with Crippen LogP contribution in [0.2, 0.25) is 0 Å². The molecule has 1 aromatic heterocycles. The summed E-state index contributed by atoms with van der Waals surface area (Å²) in [5.41, 5.74) is 0.248. The highest BCUT2D eigenvalue weighted by molar-refractivity contribution is 9.10. The largest absolute Gasteiger partial charge is 0.377 e. The molecular weight excluding hydrogens is 274 g/mol. The number of rotatable bonds is 5. The Kier molecular flexibility index (Phi) is 4.34. The van der Waals surface area contributed by atoms with Crippen LogP contribution in [0, 0.1) is 0 Å². The Labute approximate surface area is 93.3 Å². The second-order valence-electron chi connectivity index (χ2n) is 2.78. The maximum atomic E-state index is 12.1. The van der Waals surface area contributed by atoms with Gasteiger partial charge in [0.05, 0.1) is 11.8 Å². The van der Waals surface area contributed by atoms with Crippen LogP contribution in [0.5, 0.6) is 0 Å². The lowest BCUT2D eigenvalue weighted by Crippen LogP contribution is -2.10. The summed E-state index contributed by atoms with van der Waals surface area (Å²) >= 11 is 3.04. The normalized spacial score (nSPS) is 11.0. The molecule has 0 aliphatic rings. The summed E-state index contributed by atoms with van der Waals surface area (Å²) in [6, 6.07) is 0. The lowest BCUT2D eigenvalue weighted by atomic mass is 10.2. The first kappa shape index (κ1) is 12.3. The smallest absolute Gasteiger partial charge is 0.257 e. The second kappa shape index (κ2) is 5.32. The van der Waals surface area contributed by atoms with E-state index in [-0.39, 0.29) is 22.6 Å². The van der Waals surface area contributed by atoms with Gasteiger partial charge in [-0.05, 0) is 15.9 Å². The van der Waals surface area contributed by atoms with Gasteiger partial charge in [0, 0.05) is 7.11 Å². The van der Waals surface area contributed by atoms with Crippen molar-refractivity contribution in [2.24, 2.45) is 0 Å². The minimum atomic E-state index is -2.51. The number of hydrogen-bond acceptors (Lipinski definition) is 3. The molecule has 0 radical (unpaired) electrons. The zero-order chi connectivity index (χ0) is 11.4. The summed E-state index contributed by atoms with van der Waals surface area (Å²) in [6.45, 7) is -0.639. The third-order valence-electron chi connectivity index (χ3n) is 1.66. The molecule has 0 aliphatic heterocycles. The fourth-order valence-corrected chi connectivity index (χ4v) is 1.58. The molecule has 84 valence electrons. The lowest BCUT2D eigenvalue weighted by molar-refractivity contribution is 0.0846. The summed E-state index contributed by atoms with van der Waals surface area (Å²) in [7, 11) is 1.38. The number of hydrogen-bond donors (Lipinski definition) is 0. The third kappa shape index (κ3) is 3.07. The van der Waals surface area contributed by atoms with Gasteiger partial charge in [-0.1, -0.05) is 0 Å². The minimum Gasteiger partial charge on any atom is -0.377 e. The maximum absolute atomic E-state index is 12.1. The Balaban J connectivity index is 2.84. The van der Waals surface area contributed by atoms with Crippen molar-refractivity contribution < 1.29 is 18.3 Å². The van der Waals surface area contributed by atoms with Crippen molar-refractivity contribution in [3.8, 4) is 0 Å². The standard InChI is InChI=1S/C8H9BrF2N2O2/c1-15-4-6(14)5-2-12-13(8(5)9)3-7(10)11/h2,7H,3-4H2,1H3. The van der Waals surface area contributed by atoms with Gasteiger partial charge in [-0.2, -0.15) is 5.10 Å². The van der Waals surface area contributed by atoms with E-state index in [4.69, 9.17) is 0 Å². The van der Waals surface area contributed by atoms with E-state index in [0.29, 0.717) is 0 Å². The molecule has 7 heteroatoms. The monoisotopic (exact) mass is 282 g/mol. The van der Waals surface area contributed by atoms with Gasteiger partial charge in [0.25, 0.3) is 6.43 Å². The summed E-state index contributed by atoms with van der Waals surface area (Å²) in [5.74, 6) is -0.301. The Morgan fingerprint density at radius 2 is 2.40 bits per heavy atom. The summed E-state index contributed by atoms with van der Waals surface area (Å²) in [4.78, 5) is 11.4. The molecular formula is C8H9BrF2N2O2. The van der Waals surface area contributed by atoms with Crippen molar-refractivity contribution in [3.63, 3.8) is 0 Å². The van der Waals surface area contributed by atoms with Crippen molar-refractivity contribution in [1.82, 2.24) is 9.78 Å². The van der Waals surface area contributed by atoms with Crippen LogP contribution in [0.1, 0.15) is 10.4 Å². The molecule has 0 saturated heterocycles. The number of carbonyl (C=O) groups is 1. The van der Waals surface area contributed by atoms with E-state index >= 15 is 0 Å². The van der Waals surface area contributed by atoms with Crippen LogP contribution in [0.3, 0.4) is 0 Å². The van der Waals surface area contributed by atoms with E-state index in [0.717, 1.165) is 4.68 Å². The molecule has 15 heavy (non-hydrogen) atoms. The molecule has 0 N–H and O–H groups in total. The van der Waals surface area contributed by atoms with Gasteiger partial charge in [-0.3, -0.25) is 9.48 Å². The number of nitrogens with zero attached hydrogens (tertiary/aromatic N) is 2. The van der Waals surface area contributed by atoms with Gasteiger partial charge >= 0.3 is 0 Å². The van der Waals surface area contributed by atoms with Crippen molar-refractivity contribution in [3.05, 3.63) is 16.4 Å². The number of ketones is 1. The van der Waals surface area contributed by atoms with Crippen LogP contribution in [-0.2, 0) is 11.3 Å². The second-order valence-corrected chi connectivity index (χ2v) is 3.53. The molecule has 0 spiro atoms. The first-order valence-electron chi connectivity index (χ1n) is 4.07. The zero-order valence-corrected chi connectivity index (χ0v) is 9.50. The van der Waals surface area contributed by atoms with Crippen LogP contribution in [-0.4, -0.2) is 35.7 Å². The fraction of sp³-hybridized carbons (Fsp3) is 0.500. The molecule has 0 aliphatic carbocycles. The van der Waals surface area contributed by atoms with E-state index in [1.54, 1.807) is 0 Å². The highest BCUT2D eigenvalue weighted by atomic mass is 79.9. The van der Waals surface area contributed by atoms with E-state index in [1.165, 1.54) is 13.3 Å². The Hall–Kier alpha value is -0.820. The van der Waals surface area contributed by atoms with Crippen LogP contribution >= 0.6 is 15.9 Å². The Morgan fingerprint density at radius 3 is 2.93 bits per heavy atom. The van der Waals surface area contributed by atoms with Crippen LogP contribution in [0.15, 0.2) is 10.8 Å². The van der Waals surface area contributed by atoms with Crippen molar-refractivity contribution in [1.29, 1.82) is 0 Å². The van der Waals surface area contributed by atoms with Crippen molar-refractivity contribution in [2.75, 3.05) is 13.7 Å². The number of alkyl halides is 2. The molecule has 0 amide bonds. The average molecular weight is 283 g/mol. The minimum absolute atomic E-state index is 0.0982. The molecule has 0 unspecified atom stereocenters.